The molecule has 4 heteroatoms. The van der Waals surface area contributed by atoms with Crippen LogP contribution in [0, 0.1) is 0 Å². The lowest BCUT2D eigenvalue weighted by atomic mass is 9.97. The van der Waals surface area contributed by atoms with Crippen molar-refractivity contribution < 1.29 is 4.74 Å². The van der Waals surface area contributed by atoms with E-state index < -0.39 is 0 Å². The normalized spacial score (nSPS) is 17.6. The van der Waals surface area contributed by atoms with Crippen molar-refractivity contribution in [1.82, 2.24) is 10.3 Å². The number of aromatic nitrogens is 1. The zero-order valence-electron chi connectivity index (χ0n) is 11.8. The molecule has 1 atom stereocenters. The van der Waals surface area contributed by atoms with Crippen molar-refractivity contribution in [2.45, 2.75) is 24.9 Å². The Bertz CT molecular complexity index is 553. The average Bonchev–Trinajstić information content (AvgIpc) is 2.55. The highest BCUT2D eigenvalue weighted by molar-refractivity contribution is 6.30. The highest BCUT2D eigenvalue weighted by atomic mass is 35.5. The van der Waals surface area contributed by atoms with Gasteiger partial charge in [0, 0.05) is 36.7 Å². The van der Waals surface area contributed by atoms with E-state index in [1.807, 2.05) is 24.4 Å². The molecule has 3 nitrogen and oxygen atoms in total. The molecule has 1 aromatic heterocycles. The predicted octanol–water partition coefficient (Wildman–Crippen LogP) is 3.59. The molecule has 2 heterocycles. The highest BCUT2D eigenvalue weighted by Gasteiger charge is 2.21. The number of hydrogen-bond acceptors (Lipinski definition) is 3. The van der Waals surface area contributed by atoms with Gasteiger partial charge in [0.05, 0.1) is 6.04 Å². The van der Waals surface area contributed by atoms with Gasteiger partial charge in [-0.25, -0.2) is 0 Å². The molecule has 0 bridgehead atoms. The van der Waals surface area contributed by atoms with Gasteiger partial charge in [-0.15, -0.1) is 0 Å². The fraction of sp³-hybridized carbons (Fsp3) is 0.353. The van der Waals surface area contributed by atoms with Crippen LogP contribution in [0.1, 0.15) is 30.0 Å². The molecule has 110 valence electrons. The van der Waals surface area contributed by atoms with Gasteiger partial charge in [0.2, 0.25) is 0 Å². The second-order valence-corrected chi connectivity index (χ2v) is 5.76. The number of nitrogens with one attached hydrogen (secondary N) is 1. The van der Waals surface area contributed by atoms with Gasteiger partial charge in [-0.05, 0) is 42.2 Å². The summed E-state index contributed by atoms with van der Waals surface area (Å²) in [6.45, 7) is 1.66. The summed E-state index contributed by atoms with van der Waals surface area (Å²) in [6, 6.07) is 12.7. The summed E-state index contributed by atoms with van der Waals surface area (Å²) >= 11 is 6.00. The Labute approximate surface area is 130 Å². The third-order valence-electron chi connectivity index (χ3n) is 3.84. The van der Waals surface area contributed by atoms with Gasteiger partial charge < -0.3 is 10.1 Å². The van der Waals surface area contributed by atoms with Crippen molar-refractivity contribution >= 4 is 11.6 Å². The van der Waals surface area contributed by atoms with Crippen molar-refractivity contribution in [3.05, 3.63) is 64.9 Å². The van der Waals surface area contributed by atoms with Crippen LogP contribution < -0.4 is 5.32 Å². The van der Waals surface area contributed by atoms with Gasteiger partial charge in [-0.2, -0.15) is 0 Å². The topological polar surface area (TPSA) is 34.1 Å². The fourth-order valence-corrected chi connectivity index (χ4v) is 2.81. The van der Waals surface area contributed by atoms with Crippen molar-refractivity contribution in [2.24, 2.45) is 0 Å². The third-order valence-corrected chi connectivity index (χ3v) is 4.10. The maximum Gasteiger partial charge on any atom is 0.0594 e. The minimum absolute atomic E-state index is 0.138. The number of hydrogen-bond donors (Lipinski definition) is 1. The average molecular weight is 303 g/mol. The number of halogens is 1. The molecule has 2 aromatic rings. The molecule has 1 aliphatic heterocycles. The first-order valence-corrected chi connectivity index (χ1v) is 7.70. The summed E-state index contributed by atoms with van der Waals surface area (Å²) in [5.74, 6) is 0. The molecule has 0 radical (unpaired) electrons. The Morgan fingerprint density at radius 2 is 1.86 bits per heavy atom. The number of ether oxygens (including phenoxy) is 1. The first-order valence-electron chi connectivity index (χ1n) is 7.32. The Morgan fingerprint density at radius 1 is 1.10 bits per heavy atom. The van der Waals surface area contributed by atoms with Gasteiger partial charge in [-0.3, -0.25) is 4.98 Å². The van der Waals surface area contributed by atoms with E-state index in [0.717, 1.165) is 31.1 Å². The van der Waals surface area contributed by atoms with Gasteiger partial charge in [0.15, 0.2) is 0 Å². The van der Waals surface area contributed by atoms with Gasteiger partial charge >= 0.3 is 0 Å². The van der Waals surface area contributed by atoms with E-state index in [4.69, 9.17) is 16.3 Å². The van der Waals surface area contributed by atoms with Crippen molar-refractivity contribution in [2.75, 3.05) is 13.2 Å². The maximum absolute atomic E-state index is 6.00. The quantitative estimate of drug-likeness (QED) is 0.937. The van der Waals surface area contributed by atoms with Crippen LogP contribution in [-0.4, -0.2) is 24.2 Å². The van der Waals surface area contributed by atoms with Crippen LogP contribution in [0.5, 0.6) is 0 Å². The van der Waals surface area contributed by atoms with Crippen LogP contribution in [0.15, 0.2) is 48.8 Å². The van der Waals surface area contributed by atoms with E-state index in [9.17, 15) is 0 Å². The third kappa shape index (κ3) is 3.82. The lowest BCUT2D eigenvalue weighted by Crippen LogP contribution is -2.37. The van der Waals surface area contributed by atoms with Crippen LogP contribution in [0.2, 0.25) is 5.02 Å². The van der Waals surface area contributed by atoms with Crippen LogP contribution in [0.25, 0.3) is 0 Å². The van der Waals surface area contributed by atoms with Crippen LogP contribution >= 0.6 is 11.6 Å². The SMILES string of the molecule is Clc1ccc([C@@H](NC2CCOCC2)c2cccnc2)cc1. The standard InChI is InChI=1S/C17H19ClN2O/c18-15-5-3-13(4-6-15)17(14-2-1-9-19-12-14)20-16-7-10-21-11-8-16/h1-6,9,12,16-17,20H,7-8,10-11H2/t17-/m1/s1. The summed E-state index contributed by atoms with van der Waals surface area (Å²) in [6.07, 6.45) is 5.82. The molecule has 0 unspecified atom stereocenters. The highest BCUT2D eigenvalue weighted by Crippen LogP contribution is 2.25. The van der Waals surface area contributed by atoms with E-state index in [-0.39, 0.29) is 6.04 Å². The van der Waals surface area contributed by atoms with E-state index in [0.29, 0.717) is 6.04 Å². The second kappa shape index (κ2) is 7.03. The zero-order valence-corrected chi connectivity index (χ0v) is 12.6. The summed E-state index contributed by atoms with van der Waals surface area (Å²) in [5, 5.41) is 4.50. The molecule has 1 aliphatic rings. The number of pyridine rings is 1. The van der Waals surface area contributed by atoms with Gasteiger partial charge in [0.1, 0.15) is 0 Å². The molecular formula is C17H19ClN2O. The Hall–Kier alpha value is -1.42. The molecular weight excluding hydrogens is 284 g/mol. The largest absolute Gasteiger partial charge is 0.381 e. The molecule has 3 rings (SSSR count). The molecule has 1 aromatic carbocycles. The molecule has 0 amide bonds. The van der Waals surface area contributed by atoms with Crippen LogP contribution in [0.4, 0.5) is 0 Å². The maximum atomic E-state index is 6.00. The van der Waals surface area contributed by atoms with Crippen molar-refractivity contribution in [3.8, 4) is 0 Å². The Kier molecular flexibility index (Phi) is 4.86. The number of rotatable bonds is 4. The smallest absolute Gasteiger partial charge is 0.0594 e. The van der Waals surface area contributed by atoms with Gasteiger partial charge in [0.25, 0.3) is 0 Å². The lowest BCUT2D eigenvalue weighted by molar-refractivity contribution is 0.0760. The van der Waals surface area contributed by atoms with Crippen LogP contribution in [0.3, 0.4) is 0 Å². The van der Waals surface area contributed by atoms with E-state index in [2.05, 4.69) is 28.5 Å². The summed E-state index contributed by atoms with van der Waals surface area (Å²) < 4.78 is 5.44. The van der Waals surface area contributed by atoms with Crippen molar-refractivity contribution in [3.63, 3.8) is 0 Å². The van der Waals surface area contributed by atoms with E-state index in [1.54, 1.807) is 6.20 Å². The molecule has 1 saturated heterocycles. The Balaban J connectivity index is 1.85. The molecule has 0 aliphatic carbocycles. The molecule has 1 N–H and O–H groups in total. The molecule has 1 fully saturated rings. The summed E-state index contributed by atoms with van der Waals surface area (Å²) in [5.41, 5.74) is 2.38. The van der Waals surface area contributed by atoms with Crippen molar-refractivity contribution in [1.29, 1.82) is 0 Å². The fourth-order valence-electron chi connectivity index (χ4n) is 2.69. The summed E-state index contributed by atoms with van der Waals surface area (Å²) in [7, 11) is 0. The first-order chi connectivity index (χ1) is 10.3. The van der Waals surface area contributed by atoms with Crippen LogP contribution in [-0.2, 0) is 4.74 Å². The van der Waals surface area contributed by atoms with Gasteiger partial charge in [-0.1, -0.05) is 29.8 Å². The minimum atomic E-state index is 0.138. The zero-order chi connectivity index (χ0) is 14.5. The lowest BCUT2D eigenvalue weighted by Gasteiger charge is -2.29. The monoisotopic (exact) mass is 302 g/mol. The Morgan fingerprint density at radius 3 is 2.52 bits per heavy atom. The number of nitrogens with zero attached hydrogens (tertiary/aromatic N) is 1. The van der Waals surface area contributed by atoms with E-state index >= 15 is 0 Å². The molecule has 21 heavy (non-hydrogen) atoms. The summed E-state index contributed by atoms with van der Waals surface area (Å²) in [4.78, 5) is 4.25. The minimum Gasteiger partial charge on any atom is -0.381 e. The predicted molar refractivity (Wildman–Crippen MR) is 84.5 cm³/mol. The first kappa shape index (κ1) is 14.5. The second-order valence-electron chi connectivity index (χ2n) is 5.32. The molecule has 0 saturated carbocycles. The molecule has 0 spiro atoms. The van der Waals surface area contributed by atoms with E-state index in [1.165, 1.54) is 11.1 Å². The number of benzene rings is 1.